The number of aromatic nitrogens is 1. The molecule has 2 atom stereocenters. The summed E-state index contributed by atoms with van der Waals surface area (Å²) in [5, 5.41) is 6.81. The highest BCUT2D eigenvalue weighted by Crippen LogP contribution is 2.34. The Morgan fingerprint density at radius 2 is 1.82 bits per heavy atom. The van der Waals surface area contributed by atoms with Crippen molar-refractivity contribution in [1.82, 2.24) is 20.9 Å². The number of nitrogens with one attached hydrogen (secondary N) is 3. The van der Waals surface area contributed by atoms with Crippen LogP contribution >= 0.6 is 11.6 Å². The van der Waals surface area contributed by atoms with E-state index in [1.54, 1.807) is 0 Å². The Balaban J connectivity index is 1.91. The van der Waals surface area contributed by atoms with Gasteiger partial charge in [-0.1, -0.05) is 17.7 Å². The molecule has 0 radical (unpaired) electrons. The maximum atomic E-state index is 12.6. The lowest BCUT2D eigenvalue weighted by Crippen LogP contribution is -2.44. The molecule has 2 heterocycles. The molecule has 0 bridgehead atoms. The third-order valence-corrected chi connectivity index (χ3v) is 4.47. The van der Waals surface area contributed by atoms with Gasteiger partial charge in [0, 0.05) is 6.54 Å². The Morgan fingerprint density at radius 3 is 2.33 bits per heavy atom. The molecular formula is C18H13ClF6N4O4. The number of pyridine rings is 1. The topological polar surface area (TPSA) is 102 Å². The van der Waals surface area contributed by atoms with E-state index in [2.05, 4.69) is 30.4 Å². The van der Waals surface area contributed by atoms with Crippen molar-refractivity contribution in [2.24, 2.45) is 0 Å². The average Bonchev–Trinajstić information content (AvgIpc) is 3.13. The summed E-state index contributed by atoms with van der Waals surface area (Å²) in [6, 6.07) is 2.47. The van der Waals surface area contributed by atoms with E-state index >= 15 is 0 Å². The quantitative estimate of drug-likeness (QED) is 0.530. The predicted octanol–water partition coefficient (Wildman–Crippen LogP) is 3.42. The molecular weight excluding hydrogens is 486 g/mol. The van der Waals surface area contributed by atoms with E-state index in [0.717, 1.165) is 36.5 Å². The maximum absolute atomic E-state index is 12.6. The monoisotopic (exact) mass is 498 g/mol. The molecule has 178 valence electrons. The van der Waals surface area contributed by atoms with Crippen molar-refractivity contribution in [3.05, 3.63) is 52.8 Å². The molecule has 3 N–H and O–H groups in total. The zero-order chi connectivity index (χ0) is 24.4. The van der Waals surface area contributed by atoms with E-state index in [4.69, 9.17) is 11.6 Å². The van der Waals surface area contributed by atoms with E-state index < -0.39 is 53.3 Å². The maximum Gasteiger partial charge on any atom is 0.573 e. The van der Waals surface area contributed by atoms with Gasteiger partial charge >= 0.3 is 18.8 Å². The van der Waals surface area contributed by atoms with Crippen LogP contribution in [0.4, 0.5) is 31.1 Å². The molecule has 15 heteroatoms. The lowest BCUT2D eigenvalue weighted by Gasteiger charge is -2.22. The largest absolute Gasteiger partial charge is 0.573 e. The summed E-state index contributed by atoms with van der Waals surface area (Å²) in [5.41, 5.74) is 0.146. The minimum Gasteiger partial charge on any atom is -0.404 e. The summed E-state index contributed by atoms with van der Waals surface area (Å²) in [7, 11) is 0. The SMILES string of the molecule is O=C1NC[C@@H](C(=O)N[C@@H](c2ccc(OC(F)(F)F)c(Cl)c2)c2ccc(OC(F)(F)F)cn2)N1. The highest BCUT2D eigenvalue weighted by atomic mass is 35.5. The summed E-state index contributed by atoms with van der Waals surface area (Å²) in [4.78, 5) is 27.7. The Labute approximate surface area is 186 Å². The Hall–Kier alpha value is -3.42. The number of urea groups is 1. The fourth-order valence-electron chi connectivity index (χ4n) is 2.84. The fraction of sp³-hybridized carbons (Fsp3) is 0.278. The van der Waals surface area contributed by atoms with E-state index in [9.17, 15) is 35.9 Å². The van der Waals surface area contributed by atoms with Gasteiger partial charge in [0.1, 0.15) is 17.5 Å². The first kappa shape index (κ1) is 24.2. The third kappa shape index (κ3) is 6.78. The molecule has 1 aromatic carbocycles. The molecule has 2 aromatic rings. The number of nitrogens with zero attached hydrogens (tertiary/aromatic N) is 1. The van der Waals surface area contributed by atoms with Crippen LogP contribution in [0.1, 0.15) is 17.3 Å². The van der Waals surface area contributed by atoms with Crippen LogP contribution in [-0.4, -0.2) is 42.2 Å². The van der Waals surface area contributed by atoms with Gasteiger partial charge in [0.15, 0.2) is 0 Å². The molecule has 1 saturated heterocycles. The minimum absolute atomic E-state index is 0.00992. The second-order valence-corrected chi connectivity index (χ2v) is 6.96. The highest BCUT2D eigenvalue weighted by molar-refractivity contribution is 6.32. The zero-order valence-electron chi connectivity index (χ0n) is 16.1. The van der Waals surface area contributed by atoms with Gasteiger partial charge in [-0.3, -0.25) is 9.78 Å². The molecule has 8 nitrogen and oxygen atoms in total. The fourth-order valence-corrected chi connectivity index (χ4v) is 3.07. The van der Waals surface area contributed by atoms with Crippen LogP contribution in [0.5, 0.6) is 11.5 Å². The number of rotatable bonds is 6. The molecule has 33 heavy (non-hydrogen) atoms. The van der Waals surface area contributed by atoms with E-state index in [-0.39, 0.29) is 17.8 Å². The van der Waals surface area contributed by atoms with Crippen molar-refractivity contribution >= 4 is 23.5 Å². The number of hydrogen-bond acceptors (Lipinski definition) is 5. The average molecular weight is 499 g/mol. The van der Waals surface area contributed by atoms with E-state index in [1.807, 2.05) is 0 Å². The van der Waals surface area contributed by atoms with Crippen molar-refractivity contribution in [2.45, 2.75) is 24.8 Å². The van der Waals surface area contributed by atoms with Crippen LogP contribution in [0.3, 0.4) is 0 Å². The second kappa shape index (κ2) is 9.21. The van der Waals surface area contributed by atoms with Crippen LogP contribution in [0.25, 0.3) is 0 Å². The van der Waals surface area contributed by atoms with Crippen LogP contribution in [0, 0.1) is 0 Å². The summed E-state index contributed by atoms with van der Waals surface area (Å²) in [5.74, 6) is -2.02. The van der Waals surface area contributed by atoms with Gasteiger partial charge < -0.3 is 25.4 Å². The van der Waals surface area contributed by atoms with E-state index in [1.165, 1.54) is 0 Å². The van der Waals surface area contributed by atoms with Crippen molar-refractivity contribution in [1.29, 1.82) is 0 Å². The second-order valence-electron chi connectivity index (χ2n) is 6.55. The summed E-state index contributed by atoms with van der Waals surface area (Å²) >= 11 is 5.88. The first-order valence-corrected chi connectivity index (χ1v) is 9.30. The third-order valence-electron chi connectivity index (χ3n) is 4.18. The predicted molar refractivity (Wildman–Crippen MR) is 99.4 cm³/mol. The molecule has 0 unspecified atom stereocenters. The molecule has 0 saturated carbocycles. The highest BCUT2D eigenvalue weighted by Gasteiger charge is 2.34. The molecule has 0 spiro atoms. The molecule has 0 aliphatic carbocycles. The van der Waals surface area contributed by atoms with Gasteiger partial charge in [-0.15, -0.1) is 26.3 Å². The number of halogens is 7. The van der Waals surface area contributed by atoms with Crippen LogP contribution in [-0.2, 0) is 4.79 Å². The van der Waals surface area contributed by atoms with Crippen molar-refractivity contribution in [3.8, 4) is 11.5 Å². The number of carbonyl (C=O) groups excluding carboxylic acids is 2. The Bertz CT molecular complexity index is 1030. The number of benzene rings is 1. The molecule has 3 amide bonds. The molecule has 1 aromatic heterocycles. The lowest BCUT2D eigenvalue weighted by molar-refractivity contribution is -0.275. The Morgan fingerprint density at radius 1 is 1.12 bits per heavy atom. The first-order chi connectivity index (χ1) is 15.3. The number of ether oxygens (including phenoxy) is 2. The number of carbonyl (C=O) groups is 2. The number of hydrogen-bond donors (Lipinski definition) is 3. The number of alkyl halides is 6. The van der Waals surface area contributed by atoms with Crippen molar-refractivity contribution in [3.63, 3.8) is 0 Å². The van der Waals surface area contributed by atoms with E-state index in [0.29, 0.717) is 0 Å². The van der Waals surface area contributed by atoms with Crippen LogP contribution in [0.2, 0.25) is 5.02 Å². The van der Waals surface area contributed by atoms with Crippen LogP contribution < -0.4 is 25.4 Å². The smallest absolute Gasteiger partial charge is 0.404 e. The van der Waals surface area contributed by atoms with Gasteiger partial charge in [0.2, 0.25) is 5.91 Å². The molecule has 1 aliphatic heterocycles. The van der Waals surface area contributed by atoms with Crippen molar-refractivity contribution in [2.75, 3.05) is 6.54 Å². The molecule has 1 fully saturated rings. The van der Waals surface area contributed by atoms with Gasteiger partial charge in [-0.25, -0.2) is 4.79 Å². The normalized spacial score (nSPS) is 17.1. The molecule has 3 rings (SSSR count). The number of amides is 3. The summed E-state index contributed by atoms with van der Waals surface area (Å²) in [6.07, 6.45) is -9.20. The van der Waals surface area contributed by atoms with Gasteiger partial charge in [-0.05, 0) is 29.8 Å². The van der Waals surface area contributed by atoms with Gasteiger partial charge in [0.05, 0.1) is 23.0 Å². The standard InChI is InChI=1S/C18H13ClF6N4O4/c19-10-5-8(1-4-13(10)33-18(23,24)25)14(29-15(30)12-7-27-16(31)28-12)11-3-2-9(6-26-11)32-17(20,21)22/h1-6,12,14H,7H2,(H,29,30)(H2,27,28,31)/t12-,14-/m0/s1. The lowest BCUT2D eigenvalue weighted by atomic mass is 10.0. The molecule has 1 aliphatic rings. The minimum atomic E-state index is -5.00. The zero-order valence-corrected chi connectivity index (χ0v) is 16.8. The van der Waals surface area contributed by atoms with Gasteiger partial charge in [-0.2, -0.15) is 0 Å². The summed E-state index contributed by atoms with van der Waals surface area (Å²) in [6.45, 7) is -0.0394. The first-order valence-electron chi connectivity index (χ1n) is 8.92. The van der Waals surface area contributed by atoms with Crippen LogP contribution in [0.15, 0.2) is 36.5 Å². The Kier molecular flexibility index (Phi) is 6.76. The van der Waals surface area contributed by atoms with Gasteiger partial charge in [0.25, 0.3) is 0 Å². The van der Waals surface area contributed by atoms with Crippen molar-refractivity contribution < 1.29 is 45.4 Å². The summed E-state index contributed by atoms with van der Waals surface area (Å²) < 4.78 is 82.2.